The minimum absolute atomic E-state index is 0.664. The molecule has 3 aromatic rings. The number of pyridine rings is 1. The summed E-state index contributed by atoms with van der Waals surface area (Å²) < 4.78 is 6.90. The van der Waals surface area contributed by atoms with E-state index in [0.29, 0.717) is 6.61 Å². The number of halogens is 1. The van der Waals surface area contributed by atoms with Crippen LogP contribution in [0.1, 0.15) is 35.2 Å². The van der Waals surface area contributed by atoms with Crippen LogP contribution in [0.3, 0.4) is 0 Å². The molecule has 0 bridgehead atoms. The van der Waals surface area contributed by atoms with E-state index in [9.17, 15) is 0 Å². The number of aromatic nitrogens is 2. The Morgan fingerprint density at radius 2 is 1.96 bits per heavy atom. The van der Waals surface area contributed by atoms with E-state index in [1.807, 2.05) is 24.4 Å². The summed E-state index contributed by atoms with van der Waals surface area (Å²) in [5.74, 6) is 0. The van der Waals surface area contributed by atoms with Crippen LogP contribution in [0.2, 0.25) is 0 Å². The predicted molar refractivity (Wildman–Crippen MR) is 112 cm³/mol. The molecule has 2 aromatic heterocycles. The standard InChI is InChI=1S/C21H23BrN2OS/c1-3-19-13-17(10-11-23-19)21-24-15(2)20(26-21)5-4-12-25-14-16-6-8-18(22)9-7-16/h6-11,13H,3-5,12,14H2,1-2H3. The summed E-state index contributed by atoms with van der Waals surface area (Å²) in [6, 6.07) is 12.5. The SMILES string of the molecule is CCc1cc(-c2nc(C)c(CCCOCc3ccc(Br)cc3)s2)ccn1. The van der Waals surface area contributed by atoms with Crippen molar-refractivity contribution in [3.8, 4) is 10.6 Å². The van der Waals surface area contributed by atoms with Crippen LogP contribution in [0.4, 0.5) is 0 Å². The molecule has 136 valence electrons. The molecule has 0 radical (unpaired) electrons. The Hall–Kier alpha value is -1.56. The van der Waals surface area contributed by atoms with Gasteiger partial charge in [-0.05, 0) is 56.0 Å². The van der Waals surface area contributed by atoms with Gasteiger partial charge in [0, 0.05) is 33.4 Å². The zero-order chi connectivity index (χ0) is 18.4. The lowest BCUT2D eigenvalue weighted by molar-refractivity contribution is 0.119. The van der Waals surface area contributed by atoms with Crippen molar-refractivity contribution in [2.45, 2.75) is 39.7 Å². The third-order valence-electron chi connectivity index (χ3n) is 4.19. The van der Waals surface area contributed by atoms with Gasteiger partial charge < -0.3 is 4.74 Å². The average Bonchev–Trinajstić information content (AvgIpc) is 3.04. The Labute approximate surface area is 167 Å². The van der Waals surface area contributed by atoms with Crippen molar-refractivity contribution < 1.29 is 4.74 Å². The van der Waals surface area contributed by atoms with Crippen molar-refractivity contribution in [3.05, 3.63) is 68.9 Å². The van der Waals surface area contributed by atoms with Gasteiger partial charge in [0.1, 0.15) is 5.01 Å². The van der Waals surface area contributed by atoms with E-state index in [2.05, 4.69) is 53.0 Å². The topological polar surface area (TPSA) is 35.0 Å². The van der Waals surface area contributed by atoms with Crippen molar-refractivity contribution in [3.63, 3.8) is 0 Å². The van der Waals surface area contributed by atoms with Crippen LogP contribution in [-0.4, -0.2) is 16.6 Å². The van der Waals surface area contributed by atoms with E-state index in [1.54, 1.807) is 11.3 Å². The number of rotatable bonds is 8. The molecule has 0 fully saturated rings. The number of aryl methyl sites for hydroxylation is 3. The molecule has 3 nitrogen and oxygen atoms in total. The summed E-state index contributed by atoms with van der Waals surface area (Å²) in [6.07, 6.45) is 4.84. The summed E-state index contributed by atoms with van der Waals surface area (Å²) in [7, 11) is 0. The molecule has 2 heterocycles. The smallest absolute Gasteiger partial charge is 0.123 e. The fourth-order valence-corrected chi connectivity index (χ4v) is 4.06. The number of benzene rings is 1. The normalized spacial score (nSPS) is 11.0. The van der Waals surface area contributed by atoms with Crippen LogP contribution >= 0.6 is 27.3 Å². The van der Waals surface area contributed by atoms with Gasteiger partial charge in [0.05, 0.1) is 12.3 Å². The second-order valence-electron chi connectivity index (χ2n) is 6.20. The molecule has 0 spiro atoms. The Balaban J connectivity index is 1.50. The highest BCUT2D eigenvalue weighted by atomic mass is 79.9. The van der Waals surface area contributed by atoms with E-state index in [-0.39, 0.29) is 0 Å². The van der Waals surface area contributed by atoms with Gasteiger partial charge in [-0.15, -0.1) is 11.3 Å². The van der Waals surface area contributed by atoms with Crippen molar-refractivity contribution in [1.82, 2.24) is 9.97 Å². The quantitative estimate of drug-likeness (QED) is 0.411. The molecule has 0 atom stereocenters. The molecule has 0 aliphatic carbocycles. The van der Waals surface area contributed by atoms with Crippen LogP contribution < -0.4 is 0 Å². The van der Waals surface area contributed by atoms with Crippen LogP contribution in [0.25, 0.3) is 10.6 Å². The van der Waals surface area contributed by atoms with E-state index in [4.69, 9.17) is 9.72 Å². The van der Waals surface area contributed by atoms with E-state index in [0.717, 1.165) is 46.7 Å². The molecule has 3 rings (SSSR count). The number of nitrogens with zero attached hydrogens (tertiary/aromatic N) is 2. The molecular weight excluding hydrogens is 408 g/mol. The second-order valence-corrected chi connectivity index (χ2v) is 8.20. The molecule has 0 amide bonds. The summed E-state index contributed by atoms with van der Waals surface area (Å²) in [5, 5.41) is 1.09. The van der Waals surface area contributed by atoms with Gasteiger partial charge in [0.15, 0.2) is 0 Å². The minimum atomic E-state index is 0.664. The van der Waals surface area contributed by atoms with E-state index < -0.39 is 0 Å². The third-order valence-corrected chi connectivity index (χ3v) is 5.99. The molecule has 0 unspecified atom stereocenters. The first-order valence-corrected chi connectivity index (χ1v) is 10.5. The van der Waals surface area contributed by atoms with Gasteiger partial charge in [-0.3, -0.25) is 4.98 Å². The van der Waals surface area contributed by atoms with Crippen LogP contribution in [-0.2, 0) is 24.2 Å². The highest BCUT2D eigenvalue weighted by Gasteiger charge is 2.10. The first-order chi connectivity index (χ1) is 12.7. The maximum absolute atomic E-state index is 5.80. The molecule has 0 saturated heterocycles. The van der Waals surface area contributed by atoms with Crippen molar-refractivity contribution in [2.75, 3.05) is 6.61 Å². The predicted octanol–water partition coefficient (Wildman–Crippen LogP) is 5.99. The van der Waals surface area contributed by atoms with Crippen molar-refractivity contribution >= 4 is 27.3 Å². The van der Waals surface area contributed by atoms with Crippen LogP contribution in [0.5, 0.6) is 0 Å². The number of hydrogen-bond acceptors (Lipinski definition) is 4. The van der Waals surface area contributed by atoms with Crippen molar-refractivity contribution in [1.29, 1.82) is 0 Å². The molecule has 0 aliphatic rings. The van der Waals surface area contributed by atoms with Gasteiger partial charge in [-0.1, -0.05) is 35.0 Å². The largest absolute Gasteiger partial charge is 0.377 e. The van der Waals surface area contributed by atoms with Gasteiger partial charge in [-0.2, -0.15) is 0 Å². The second kappa shape index (κ2) is 9.40. The highest BCUT2D eigenvalue weighted by molar-refractivity contribution is 9.10. The van der Waals surface area contributed by atoms with Gasteiger partial charge in [0.2, 0.25) is 0 Å². The van der Waals surface area contributed by atoms with Crippen LogP contribution in [0, 0.1) is 6.92 Å². The van der Waals surface area contributed by atoms with Gasteiger partial charge in [-0.25, -0.2) is 4.98 Å². The maximum atomic E-state index is 5.80. The molecule has 26 heavy (non-hydrogen) atoms. The molecular formula is C21H23BrN2OS. The summed E-state index contributed by atoms with van der Waals surface area (Å²) in [4.78, 5) is 10.5. The van der Waals surface area contributed by atoms with Gasteiger partial charge >= 0.3 is 0 Å². The first kappa shape index (κ1) is 19.2. The first-order valence-electron chi connectivity index (χ1n) is 8.89. The summed E-state index contributed by atoms with van der Waals surface area (Å²) in [6.45, 7) is 5.65. The third kappa shape index (κ3) is 5.22. The van der Waals surface area contributed by atoms with Gasteiger partial charge in [0.25, 0.3) is 0 Å². The molecule has 0 N–H and O–H groups in total. The average molecular weight is 431 g/mol. The Kier molecular flexibility index (Phi) is 6.94. The molecule has 5 heteroatoms. The lowest BCUT2D eigenvalue weighted by Crippen LogP contribution is -1.97. The van der Waals surface area contributed by atoms with E-state index >= 15 is 0 Å². The summed E-state index contributed by atoms with van der Waals surface area (Å²) >= 11 is 5.24. The molecule has 1 aromatic carbocycles. The fourth-order valence-electron chi connectivity index (χ4n) is 2.69. The summed E-state index contributed by atoms with van der Waals surface area (Å²) in [5.41, 5.74) is 4.61. The number of hydrogen-bond donors (Lipinski definition) is 0. The lowest BCUT2D eigenvalue weighted by Gasteiger charge is -2.04. The Morgan fingerprint density at radius 1 is 1.15 bits per heavy atom. The van der Waals surface area contributed by atoms with Crippen LogP contribution in [0.15, 0.2) is 47.1 Å². The monoisotopic (exact) mass is 430 g/mol. The number of ether oxygens (including phenoxy) is 1. The Bertz CT molecular complexity index is 845. The maximum Gasteiger partial charge on any atom is 0.123 e. The fraction of sp³-hybridized carbons (Fsp3) is 0.333. The number of thiazole rings is 1. The lowest BCUT2D eigenvalue weighted by atomic mass is 10.2. The Morgan fingerprint density at radius 3 is 2.73 bits per heavy atom. The zero-order valence-corrected chi connectivity index (χ0v) is 17.6. The van der Waals surface area contributed by atoms with Crippen molar-refractivity contribution in [2.24, 2.45) is 0 Å². The minimum Gasteiger partial charge on any atom is -0.377 e. The van der Waals surface area contributed by atoms with E-state index in [1.165, 1.54) is 16.0 Å². The molecule has 0 aliphatic heterocycles. The molecule has 0 saturated carbocycles. The zero-order valence-electron chi connectivity index (χ0n) is 15.2. The highest BCUT2D eigenvalue weighted by Crippen LogP contribution is 2.29.